The summed E-state index contributed by atoms with van der Waals surface area (Å²) in [5.74, 6) is 0.198. The Hall–Kier alpha value is -1.08. The van der Waals surface area contributed by atoms with Gasteiger partial charge >= 0.3 is 0 Å². The molecule has 0 radical (unpaired) electrons. The molecule has 0 aromatic rings. The summed E-state index contributed by atoms with van der Waals surface area (Å²) >= 11 is 0. The van der Waals surface area contributed by atoms with Crippen molar-refractivity contribution >= 4 is 5.91 Å². The van der Waals surface area contributed by atoms with Gasteiger partial charge in [-0.25, -0.2) is 0 Å². The molecule has 1 atom stereocenters. The highest BCUT2D eigenvalue weighted by molar-refractivity contribution is 5.76. The van der Waals surface area contributed by atoms with Crippen LogP contribution in [0, 0.1) is 17.2 Å². The van der Waals surface area contributed by atoms with Crippen molar-refractivity contribution in [2.45, 2.75) is 32.6 Å². The third-order valence-corrected chi connectivity index (χ3v) is 2.84. The minimum Gasteiger partial charge on any atom is -0.382 e. The largest absolute Gasteiger partial charge is 0.382 e. The molecule has 4 nitrogen and oxygen atoms in total. The van der Waals surface area contributed by atoms with Gasteiger partial charge < -0.3 is 9.64 Å². The predicted octanol–water partition coefficient (Wildman–Crippen LogP) is 1.57. The second-order valence-corrected chi connectivity index (χ2v) is 4.11. The first-order chi connectivity index (χ1) is 7.77. The van der Waals surface area contributed by atoms with Crippen molar-refractivity contribution in [2.75, 3.05) is 26.3 Å². The molecule has 1 aliphatic rings. The number of ether oxygens (including phenoxy) is 1. The summed E-state index contributed by atoms with van der Waals surface area (Å²) in [6, 6.07) is 2.25. The number of hydrogen-bond donors (Lipinski definition) is 0. The second kappa shape index (κ2) is 7.24. The Balaban J connectivity index is 2.23. The van der Waals surface area contributed by atoms with Crippen LogP contribution in [0.15, 0.2) is 0 Å². The lowest BCUT2D eigenvalue weighted by atomic mass is 9.99. The van der Waals surface area contributed by atoms with E-state index < -0.39 is 0 Å². The van der Waals surface area contributed by atoms with Crippen LogP contribution in [0.25, 0.3) is 0 Å². The summed E-state index contributed by atoms with van der Waals surface area (Å²) in [6.07, 6.45) is 3.20. The van der Waals surface area contributed by atoms with Gasteiger partial charge in [0.25, 0.3) is 0 Å². The van der Waals surface area contributed by atoms with Crippen LogP contribution < -0.4 is 0 Å². The van der Waals surface area contributed by atoms with E-state index >= 15 is 0 Å². The molecule has 1 amide bonds. The molecule has 1 fully saturated rings. The quantitative estimate of drug-likeness (QED) is 0.666. The average Bonchev–Trinajstić information content (AvgIpc) is 2.34. The fraction of sp³-hybridized carbons (Fsp3) is 0.833. The van der Waals surface area contributed by atoms with E-state index in [1.165, 1.54) is 0 Å². The highest BCUT2D eigenvalue weighted by Crippen LogP contribution is 2.16. The van der Waals surface area contributed by atoms with Crippen molar-refractivity contribution in [1.82, 2.24) is 4.90 Å². The van der Waals surface area contributed by atoms with Gasteiger partial charge in [-0.1, -0.05) is 0 Å². The van der Waals surface area contributed by atoms with Crippen molar-refractivity contribution in [2.24, 2.45) is 5.92 Å². The second-order valence-electron chi connectivity index (χ2n) is 4.11. The van der Waals surface area contributed by atoms with Crippen molar-refractivity contribution in [1.29, 1.82) is 5.26 Å². The average molecular weight is 224 g/mol. The van der Waals surface area contributed by atoms with Crippen molar-refractivity contribution in [3.63, 3.8) is 0 Å². The van der Waals surface area contributed by atoms with Gasteiger partial charge in [0.1, 0.15) is 0 Å². The highest BCUT2D eigenvalue weighted by Gasteiger charge is 2.22. The summed E-state index contributed by atoms with van der Waals surface area (Å²) in [6.45, 7) is 4.73. The van der Waals surface area contributed by atoms with Gasteiger partial charge in [0.15, 0.2) is 0 Å². The highest BCUT2D eigenvalue weighted by atomic mass is 16.5. The summed E-state index contributed by atoms with van der Waals surface area (Å²) in [4.78, 5) is 13.6. The lowest BCUT2D eigenvalue weighted by Crippen LogP contribution is -2.39. The van der Waals surface area contributed by atoms with E-state index in [1.807, 2.05) is 11.8 Å². The normalized spacial score (nSPS) is 20.5. The van der Waals surface area contributed by atoms with E-state index in [0.29, 0.717) is 26.2 Å². The number of carbonyl (C=O) groups excluding carboxylic acids is 1. The van der Waals surface area contributed by atoms with Crippen LogP contribution in [0.4, 0.5) is 0 Å². The van der Waals surface area contributed by atoms with E-state index in [9.17, 15) is 4.79 Å². The van der Waals surface area contributed by atoms with Gasteiger partial charge in [-0.05, 0) is 26.2 Å². The number of piperidine rings is 1. The maximum Gasteiger partial charge on any atom is 0.222 e. The standard InChI is InChI=1S/C12H20N2O2/c1-2-16-8-4-6-12(15)14-7-3-5-11(9-13)10-14/h11H,2-8,10H2,1H3. The molecule has 0 N–H and O–H groups in total. The van der Waals surface area contributed by atoms with E-state index in [0.717, 1.165) is 25.8 Å². The van der Waals surface area contributed by atoms with Crippen LogP contribution in [0.2, 0.25) is 0 Å². The zero-order valence-electron chi connectivity index (χ0n) is 9.95. The number of nitrogens with zero attached hydrogens (tertiary/aromatic N) is 2. The summed E-state index contributed by atoms with van der Waals surface area (Å²) in [5, 5.41) is 8.83. The van der Waals surface area contributed by atoms with Crippen molar-refractivity contribution in [3.8, 4) is 6.07 Å². The number of hydrogen-bond acceptors (Lipinski definition) is 3. The number of nitriles is 1. The molecule has 0 spiro atoms. The van der Waals surface area contributed by atoms with Crippen LogP contribution in [0.5, 0.6) is 0 Å². The van der Waals surface area contributed by atoms with Crippen LogP contribution >= 0.6 is 0 Å². The summed E-state index contributed by atoms with van der Waals surface area (Å²) < 4.78 is 5.19. The van der Waals surface area contributed by atoms with E-state index in [1.54, 1.807) is 0 Å². The van der Waals surface area contributed by atoms with Gasteiger partial charge in [0, 0.05) is 32.7 Å². The van der Waals surface area contributed by atoms with Gasteiger partial charge in [0.2, 0.25) is 5.91 Å². The van der Waals surface area contributed by atoms with E-state index in [-0.39, 0.29) is 11.8 Å². The monoisotopic (exact) mass is 224 g/mol. The Bertz CT molecular complexity index is 260. The third-order valence-electron chi connectivity index (χ3n) is 2.84. The van der Waals surface area contributed by atoms with Crippen molar-refractivity contribution < 1.29 is 9.53 Å². The Morgan fingerprint density at radius 2 is 2.44 bits per heavy atom. The Kier molecular flexibility index (Phi) is 5.87. The van der Waals surface area contributed by atoms with Gasteiger partial charge in [-0.3, -0.25) is 4.79 Å². The fourth-order valence-electron chi connectivity index (χ4n) is 1.94. The zero-order valence-corrected chi connectivity index (χ0v) is 9.95. The molecule has 0 aromatic heterocycles. The zero-order chi connectivity index (χ0) is 11.8. The molecule has 16 heavy (non-hydrogen) atoms. The summed E-state index contributed by atoms with van der Waals surface area (Å²) in [7, 11) is 0. The molecule has 0 bridgehead atoms. The number of amides is 1. The molecule has 1 saturated heterocycles. The van der Waals surface area contributed by atoms with Gasteiger partial charge in [0.05, 0.1) is 12.0 Å². The first-order valence-corrected chi connectivity index (χ1v) is 6.03. The Labute approximate surface area is 97.2 Å². The molecule has 0 saturated carbocycles. The molecular weight excluding hydrogens is 204 g/mol. The van der Waals surface area contributed by atoms with Gasteiger partial charge in [-0.15, -0.1) is 0 Å². The molecule has 1 rings (SSSR count). The number of rotatable bonds is 5. The minimum absolute atomic E-state index is 0.0320. The van der Waals surface area contributed by atoms with E-state index in [4.69, 9.17) is 10.00 Å². The molecule has 0 aromatic carbocycles. The number of carbonyl (C=O) groups is 1. The lowest BCUT2D eigenvalue weighted by Gasteiger charge is -2.29. The molecule has 90 valence electrons. The maximum atomic E-state index is 11.8. The van der Waals surface area contributed by atoms with Crippen LogP contribution in [0.1, 0.15) is 32.6 Å². The molecule has 1 unspecified atom stereocenters. The maximum absolute atomic E-state index is 11.8. The molecule has 4 heteroatoms. The third kappa shape index (κ3) is 4.19. The van der Waals surface area contributed by atoms with Crippen LogP contribution in [-0.4, -0.2) is 37.1 Å². The topological polar surface area (TPSA) is 53.3 Å². The van der Waals surface area contributed by atoms with Crippen molar-refractivity contribution in [3.05, 3.63) is 0 Å². The first-order valence-electron chi connectivity index (χ1n) is 6.03. The SMILES string of the molecule is CCOCCCC(=O)N1CCCC(C#N)C1. The molecular formula is C12H20N2O2. The van der Waals surface area contributed by atoms with Gasteiger partial charge in [-0.2, -0.15) is 5.26 Å². The van der Waals surface area contributed by atoms with Crippen LogP contribution in [0.3, 0.4) is 0 Å². The molecule has 0 aliphatic carbocycles. The lowest BCUT2D eigenvalue weighted by molar-refractivity contribution is -0.132. The van der Waals surface area contributed by atoms with E-state index in [2.05, 4.69) is 6.07 Å². The molecule has 1 aliphatic heterocycles. The Morgan fingerprint density at radius 1 is 1.62 bits per heavy atom. The smallest absolute Gasteiger partial charge is 0.222 e. The Morgan fingerprint density at radius 3 is 3.12 bits per heavy atom. The molecule has 1 heterocycles. The number of likely N-dealkylation sites (tertiary alicyclic amines) is 1. The first kappa shape index (κ1) is 13.0. The van der Waals surface area contributed by atoms with Crippen LogP contribution in [-0.2, 0) is 9.53 Å². The summed E-state index contributed by atoms with van der Waals surface area (Å²) in [5.41, 5.74) is 0. The fourth-order valence-corrected chi connectivity index (χ4v) is 1.94. The predicted molar refractivity (Wildman–Crippen MR) is 60.6 cm³/mol. The minimum atomic E-state index is 0.0320.